The minimum Gasteiger partial charge on any atom is -0.388 e. The molecule has 3 N–H and O–H groups in total. The molecule has 0 spiro atoms. The summed E-state index contributed by atoms with van der Waals surface area (Å²) in [5.41, 5.74) is 5.44. The van der Waals surface area contributed by atoms with Crippen LogP contribution in [0.15, 0.2) is 0 Å². The molecule has 0 aliphatic heterocycles. The fourth-order valence-corrected chi connectivity index (χ4v) is 2.21. The highest BCUT2D eigenvalue weighted by molar-refractivity contribution is 4.92. The van der Waals surface area contributed by atoms with Crippen molar-refractivity contribution in [2.75, 3.05) is 0 Å². The molecule has 0 amide bonds. The molecule has 1 atom stereocenters. The second kappa shape index (κ2) is 4.43. The molecule has 13 heavy (non-hydrogen) atoms. The van der Waals surface area contributed by atoms with Crippen LogP contribution >= 0.6 is 0 Å². The molecule has 2 nitrogen and oxygen atoms in total. The minimum absolute atomic E-state index is 0.00926. The van der Waals surface area contributed by atoms with E-state index in [0.29, 0.717) is 0 Å². The van der Waals surface area contributed by atoms with Crippen molar-refractivity contribution in [3.63, 3.8) is 0 Å². The molecule has 0 aromatic carbocycles. The normalized spacial score (nSPS) is 37.4. The van der Waals surface area contributed by atoms with Crippen LogP contribution in [0.3, 0.4) is 0 Å². The quantitative estimate of drug-likeness (QED) is 0.707. The highest BCUT2D eigenvalue weighted by atomic mass is 16.3. The van der Waals surface area contributed by atoms with Crippen molar-refractivity contribution in [3.8, 4) is 0 Å². The maximum atomic E-state index is 10.3. The first kappa shape index (κ1) is 11.0. The zero-order chi connectivity index (χ0) is 9.90. The van der Waals surface area contributed by atoms with Crippen LogP contribution in [0, 0.1) is 5.92 Å². The maximum absolute atomic E-state index is 10.3. The van der Waals surface area contributed by atoms with Crippen molar-refractivity contribution in [3.05, 3.63) is 0 Å². The molecule has 0 heterocycles. The monoisotopic (exact) mass is 185 g/mol. The molecule has 1 aliphatic carbocycles. The van der Waals surface area contributed by atoms with Gasteiger partial charge in [0, 0.05) is 6.04 Å². The Hall–Kier alpha value is -0.0800. The molecule has 0 bridgehead atoms. The Morgan fingerprint density at radius 2 is 2.00 bits per heavy atom. The van der Waals surface area contributed by atoms with Gasteiger partial charge in [0.25, 0.3) is 0 Å². The van der Waals surface area contributed by atoms with E-state index in [2.05, 4.69) is 13.8 Å². The van der Waals surface area contributed by atoms with Crippen LogP contribution in [0.25, 0.3) is 0 Å². The van der Waals surface area contributed by atoms with Crippen LogP contribution < -0.4 is 5.73 Å². The summed E-state index contributed by atoms with van der Waals surface area (Å²) in [6.07, 6.45) is 6.08. The molecule has 78 valence electrons. The average molecular weight is 185 g/mol. The summed E-state index contributed by atoms with van der Waals surface area (Å²) in [5.74, 6) is 0.772. The summed E-state index contributed by atoms with van der Waals surface area (Å²) in [6.45, 7) is 4.37. The minimum atomic E-state index is -0.553. The average Bonchev–Trinajstić information content (AvgIpc) is 2.11. The predicted octanol–water partition coefficient (Wildman–Crippen LogP) is 2.05. The van der Waals surface area contributed by atoms with Gasteiger partial charge in [0.15, 0.2) is 0 Å². The van der Waals surface area contributed by atoms with E-state index in [-0.39, 0.29) is 6.04 Å². The van der Waals surface area contributed by atoms with Crippen molar-refractivity contribution in [2.24, 2.45) is 11.7 Å². The second-order valence-electron chi connectivity index (χ2n) is 4.68. The first-order valence-corrected chi connectivity index (χ1v) is 5.56. The molecular weight excluding hydrogens is 162 g/mol. The summed E-state index contributed by atoms with van der Waals surface area (Å²) >= 11 is 0. The Kier molecular flexibility index (Phi) is 3.74. The first-order valence-electron chi connectivity index (χ1n) is 5.56. The lowest BCUT2D eigenvalue weighted by Gasteiger charge is -2.39. The smallest absolute Gasteiger partial charge is 0.0798 e. The van der Waals surface area contributed by atoms with E-state index in [9.17, 15) is 5.11 Å². The molecular formula is C11H23NO. The highest BCUT2D eigenvalue weighted by Crippen LogP contribution is 2.34. The molecule has 1 rings (SSSR count). The summed E-state index contributed by atoms with van der Waals surface area (Å²) in [7, 11) is 0. The van der Waals surface area contributed by atoms with E-state index in [4.69, 9.17) is 5.73 Å². The van der Waals surface area contributed by atoms with Crippen molar-refractivity contribution < 1.29 is 5.11 Å². The maximum Gasteiger partial charge on any atom is 0.0798 e. The first-order chi connectivity index (χ1) is 6.08. The third-order valence-corrected chi connectivity index (χ3v) is 3.43. The van der Waals surface area contributed by atoms with Gasteiger partial charge in [0.05, 0.1) is 5.60 Å². The molecule has 0 saturated heterocycles. The lowest BCUT2D eigenvalue weighted by Crippen LogP contribution is -2.49. The number of rotatable bonds is 3. The summed E-state index contributed by atoms with van der Waals surface area (Å²) in [5, 5.41) is 10.3. The Morgan fingerprint density at radius 1 is 1.46 bits per heavy atom. The largest absolute Gasteiger partial charge is 0.388 e. The molecule has 1 unspecified atom stereocenters. The summed E-state index contributed by atoms with van der Waals surface area (Å²) < 4.78 is 0. The van der Waals surface area contributed by atoms with Gasteiger partial charge in [-0.1, -0.05) is 20.3 Å². The van der Waals surface area contributed by atoms with E-state index in [1.54, 1.807) is 0 Å². The fourth-order valence-electron chi connectivity index (χ4n) is 2.21. The van der Waals surface area contributed by atoms with Crippen molar-refractivity contribution >= 4 is 0 Å². The van der Waals surface area contributed by atoms with Crippen molar-refractivity contribution in [1.29, 1.82) is 0 Å². The molecule has 1 fully saturated rings. The SMILES string of the molecule is CCCC(N)C1(O)CCC(C)CC1. The van der Waals surface area contributed by atoms with Gasteiger partial charge in [0.1, 0.15) is 0 Å². The second-order valence-corrected chi connectivity index (χ2v) is 4.68. The van der Waals surface area contributed by atoms with Crippen LogP contribution in [0.4, 0.5) is 0 Å². The van der Waals surface area contributed by atoms with Gasteiger partial charge in [0.2, 0.25) is 0 Å². The molecule has 1 aliphatic rings. The Labute approximate surface area is 81.5 Å². The molecule has 2 heteroatoms. The fraction of sp³-hybridized carbons (Fsp3) is 1.00. The number of hydrogen-bond acceptors (Lipinski definition) is 2. The van der Waals surface area contributed by atoms with Crippen LogP contribution in [-0.4, -0.2) is 16.7 Å². The standard InChI is InChI=1S/C11H23NO/c1-3-4-10(12)11(13)7-5-9(2)6-8-11/h9-10,13H,3-8,12H2,1-2H3. The van der Waals surface area contributed by atoms with E-state index in [0.717, 1.165) is 44.4 Å². The van der Waals surface area contributed by atoms with Gasteiger partial charge < -0.3 is 10.8 Å². The van der Waals surface area contributed by atoms with E-state index < -0.39 is 5.60 Å². The van der Waals surface area contributed by atoms with Crippen LogP contribution in [0.2, 0.25) is 0 Å². The third-order valence-electron chi connectivity index (χ3n) is 3.43. The lowest BCUT2D eigenvalue weighted by atomic mass is 9.75. The summed E-state index contributed by atoms with van der Waals surface area (Å²) in [6, 6.07) is -0.00926. The van der Waals surface area contributed by atoms with E-state index in [1.807, 2.05) is 0 Å². The van der Waals surface area contributed by atoms with Crippen molar-refractivity contribution in [2.45, 2.75) is 64.0 Å². The van der Waals surface area contributed by atoms with E-state index in [1.165, 1.54) is 0 Å². The molecule has 0 aromatic heterocycles. The molecule has 0 aromatic rings. The van der Waals surface area contributed by atoms with Gasteiger partial charge in [-0.2, -0.15) is 0 Å². The topological polar surface area (TPSA) is 46.2 Å². The number of hydrogen-bond donors (Lipinski definition) is 2. The zero-order valence-corrected chi connectivity index (χ0v) is 8.92. The van der Waals surface area contributed by atoms with E-state index >= 15 is 0 Å². The number of nitrogens with two attached hydrogens (primary N) is 1. The lowest BCUT2D eigenvalue weighted by molar-refractivity contribution is -0.0313. The van der Waals surface area contributed by atoms with Crippen LogP contribution in [0.5, 0.6) is 0 Å². The van der Waals surface area contributed by atoms with Gasteiger partial charge in [-0.25, -0.2) is 0 Å². The van der Waals surface area contributed by atoms with Gasteiger partial charge >= 0.3 is 0 Å². The molecule has 0 radical (unpaired) electrons. The van der Waals surface area contributed by atoms with Crippen LogP contribution in [-0.2, 0) is 0 Å². The zero-order valence-electron chi connectivity index (χ0n) is 8.92. The van der Waals surface area contributed by atoms with Crippen molar-refractivity contribution in [1.82, 2.24) is 0 Å². The Morgan fingerprint density at radius 3 is 2.46 bits per heavy atom. The number of aliphatic hydroxyl groups is 1. The Bertz CT molecular complexity index is 150. The van der Waals surface area contributed by atoms with Crippen LogP contribution in [0.1, 0.15) is 52.4 Å². The highest BCUT2D eigenvalue weighted by Gasteiger charge is 2.36. The van der Waals surface area contributed by atoms with Gasteiger partial charge in [-0.05, 0) is 38.0 Å². The molecule has 1 saturated carbocycles. The van der Waals surface area contributed by atoms with Gasteiger partial charge in [-0.15, -0.1) is 0 Å². The summed E-state index contributed by atoms with van der Waals surface area (Å²) in [4.78, 5) is 0. The Balaban J connectivity index is 2.46. The van der Waals surface area contributed by atoms with Gasteiger partial charge in [-0.3, -0.25) is 0 Å². The predicted molar refractivity (Wildman–Crippen MR) is 55.5 cm³/mol. The third kappa shape index (κ3) is 2.68.